The molecule has 7 heteroatoms. The lowest BCUT2D eigenvalue weighted by molar-refractivity contribution is 0.0925. The minimum atomic E-state index is -0.264. The highest BCUT2D eigenvalue weighted by Crippen LogP contribution is 2.27. The third-order valence-electron chi connectivity index (χ3n) is 4.88. The van der Waals surface area contributed by atoms with Gasteiger partial charge in [-0.3, -0.25) is 9.59 Å². The number of pyridine rings is 1. The second-order valence-electron chi connectivity index (χ2n) is 6.49. The summed E-state index contributed by atoms with van der Waals surface area (Å²) in [6.07, 6.45) is 4.32. The second-order valence-corrected chi connectivity index (χ2v) is 7.34. The monoisotopic (exact) mass is 411 g/mol. The van der Waals surface area contributed by atoms with E-state index >= 15 is 0 Å². The van der Waals surface area contributed by atoms with E-state index in [0.29, 0.717) is 23.2 Å². The molecule has 2 aromatic rings. The Morgan fingerprint density at radius 3 is 2.62 bits per heavy atom. The zero-order chi connectivity index (χ0) is 16.0. The first-order valence-electron chi connectivity index (χ1n) is 7.98. The molecular formula is C17H19BrClN3O2. The summed E-state index contributed by atoms with van der Waals surface area (Å²) in [5.41, 5.74) is 0.839. The van der Waals surface area contributed by atoms with Gasteiger partial charge < -0.3 is 15.6 Å². The van der Waals surface area contributed by atoms with E-state index in [1.54, 1.807) is 0 Å². The van der Waals surface area contributed by atoms with Gasteiger partial charge in [-0.1, -0.05) is 12.1 Å². The average molecular weight is 413 g/mol. The van der Waals surface area contributed by atoms with Gasteiger partial charge in [0.1, 0.15) is 0 Å². The van der Waals surface area contributed by atoms with Gasteiger partial charge >= 0.3 is 0 Å². The van der Waals surface area contributed by atoms with Crippen LogP contribution in [0.3, 0.4) is 0 Å². The van der Waals surface area contributed by atoms with Gasteiger partial charge in [-0.05, 0) is 47.7 Å². The lowest BCUT2D eigenvalue weighted by atomic mass is 9.99. The number of aromatic amines is 1. The number of halogens is 2. The summed E-state index contributed by atoms with van der Waals surface area (Å²) in [6, 6.07) is 8.18. The number of H-pyrrole nitrogens is 1. The number of carbonyl (C=O) groups is 1. The molecule has 1 amide bonds. The van der Waals surface area contributed by atoms with Gasteiger partial charge in [-0.15, -0.1) is 12.4 Å². The number of carbonyl (C=O) groups excluding carboxylic acids is 1. The molecule has 0 aliphatic carbocycles. The molecule has 2 aliphatic rings. The van der Waals surface area contributed by atoms with Gasteiger partial charge in [-0.2, -0.15) is 0 Å². The Balaban J connectivity index is 0.00000169. The summed E-state index contributed by atoms with van der Waals surface area (Å²) in [4.78, 5) is 27.4. The summed E-state index contributed by atoms with van der Waals surface area (Å²) < 4.78 is 0.779. The van der Waals surface area contributed by atoms with Gasteiger partial charge in [-0.25, -0.2) is 0 Å². The summed E-state index contributed by atoms with van der Waals surface area (Å²) in [5, 5.41) is 7.45. The van der Waals surface area contributed by atoms with E-state index in [0.717, 1.165) is 22.7 Å². The predicted octanol–water partition coefficient (Wildman–Crippen LogP) is 2.73. The molecule has 3 N–H and O–H groups in total. The Kier molecular flexibility index (Phi) is 4.99. The number of amides is 1. The molecule has 4 rings (SSSR count). The number of nitrogens with one attached hydrogen (secondary N) is 3. The zero-order valence-electron chi connectivity index (χ0n) is 13.0. The first kappa shape index (κ1) is 17.5. The van der Waals surface area contributed by atoms with Crippen molar-refractivity contribution >= 4 is 45.1 Å². The Morgan fingerprint density at radius 1 is 1.21 bits per heavy atom. The van der Waals surface area contributed by atoms with Crippen molar-refractivity contribution in [3.05, 3.63) is 44.7 Å². The summed E-state index contributed by atoms with van der Waals surface area (Å²) >= 11 is 3.43. The van der Waals surface area contributed by atoms with Crippen molar-refractivity contribution < 1.29 is 4.79 Å². The number of aromatic nitrogens is 1. The first-order valence-corrected chi connectivity index (χ1v) is 8.78. The van der Waals surface area contributed by atoms with Crippen LogP contribution in [0, 0.1) is 0 Å². The van der Waals surface area contributed by atoms with Crippen LogP contribution in [0.4, 0.5) is 0 Å². The molecule has 2 bridgehead atoms. The second kappa shape index (κ2) is 6.86. The maximum atomic E-state index is 12.7. The standard InChI is InChI=1S/C17H18BrN3O2.ClH/c18-14-3-1-2-12-13(8-15(22)21-16(12)14)17(23)20-11-6-9-4-5-10(7-11)19-9;/h1-3,8-11,19H,4-7H2,(H,20,23)(H,21,22);1H. The SMILES string of the molecule is Cl.O=C(NC1CC2CCC(C1)N2)c1cc(=O)[nH]c2c(Br)cccc12. The maximum Gasteiger partial charge on any atom is 0.252 e. The number of para-hydroxylation sites is 1. The van der Waals surface area contributed by atoms with Crippen molar-refractivity contribution in [2.75, 3.05) is 0 Å². The molecular weight excluding hydrogens is 394 g/mol. The summed E-state index contributed by atoms with van der Waals surface area (Å²) in [7, 11) is 0. The lowest BCUT2D eigenvalue weighted by Gasteiger charge is -2.29. The van der Waals surface area contributed by atoms with Crippen molar-refractivity contribution in [1.29, 1.82) is 0 Å². The molecule has 2 unspecified atom stereocenters. The van der Waals surface area contributed by atoms with E-state index in [1.165, 1.54) is 18.9 Å². The number of hydrogen-bond donors (Lipinski definition) is 3. The number of rotatable bonds is 2. The van der Waals surface area contributed by atoms with E-state index in [1.807, 2.05) is 18.2 Å². The fourth-order valence-corrected chi connectivity index (χ4v) is 4.34. The average Bonchev–Trinajstić information content (AvgIpc) is 2.86. The van der Waals surface area contributed by atoms with Crippen LogP contribution in [0.25, 0.3) is 10.9 Å². The highest BCUT2D eigenvalue weighted by Gasteiger charge is 2.34. The van der Waals surface area contributed by atoms with E-state index in [2.05, 4.69) is 31.5 Å². The topological polar surface area (TPSA) is 74.0 Å². The van der Waals surface area contributed by atoms with Crippen LogP contribution in [0.2, 0.25) is 0 Å². The van der Waals surface area contributed by atoms with Crippen LogP contribution in [-0.4, -0.2) is 29.0 Å². The molecule has 2 atom stereocenters. The molecule has 0 saturated carbocycles. The molecule has 0 radical (unpaired) electrons. The maximum absolute atomic E-state index is 12.7. The molecule has 1 aromatic carbocycles. The van der Waals surface area contributed by atoms with Gasteiger partial charge in [0.25, 0.3) is 5.91 Å². The predicted molar refractivity (Wildman–Crippen MR) is 100.0 cm³/mol. The summed E-state index contributed by atoms with van der Waals surface area (Å²) in [6.45, 7) is 0. The Hall–Kier alpha value is -1.37. The molecule has 0 spiro atoms. The molecule has 1 aromatic heterocycles. The largest absolute Gasteiger partial charge is 0.349 e. The van der Waals surface area contributed by atoms with Crippen molar-refractivity contribution in [3.63, 3.8) is 0 Å². The van der Waals surface area contributed by atoms with Crippen LogP contribution in [0.15, 0.2) is 33.5 Å². The Bertz CT molecular complexity index is 826. The van der Waals surface area contributed by atoms with Crippen LogP contribution in [0.5, 0.6) is 0 Å². The third-order valence-corrected chi connectivity index (χ3v) is 5.54. The van der Waals surface area contributed by atoms with Crippen LogP contribution in [-0.2, 0) is 0 Å². The molecule has 2 fully saturated rings. The number of fused-ring (bicyclic) bond motifs is 3. The fourth-order valence-electron chi connectivity index (χ4n) is 3.87. The number of piperidine rings is 1. The molecule has 128 valence electrons. The highest BCUT2D eigenvalue weighted by atomic mass is 79.9. The fraction of sp³-hybridized carbons (Fsp3) is 0.412. The Morgan fingerprint density at radius 2 is 1.92 bits per heavy atom. The molecule has 3 heterocycles. The lowest BCUT2D eigenvalue weighted by Crippen LogP contribution is -2.48. The highest BCUT2D eigenvalue weighted by molar-refractivity contribution is 9.10. The van der Waals surface area contributed by atoms with E-state index in [-0.39, 0.29) is 29.9 Å². The van der Waals surface area contributed by atoms with Gasteiger partial charge in [0.15, 0.2) is 0 Å². The van der Waals surface area contributed by atoms with Crippen LogP contribution in [0.1, 0.15) is 36.0 Å². The quantitative estimate of drug-likeness (QED) is 0.710. The van der Waals surface area contributed by atoms with Gasteiger partial charge in [0, 0.05) is 34.1 Å². The number of benzene rings is 1. The zero-order valence-corrected chi connectivity index (χ0v) is 15.4. The Labute approximate surface area is 154 Å². The van der Waals surface area contributed by atoms with Crippen molar-refractivity contribution in [3.8, 4) is 0 Å². The van der Waals surface area contributed by atoms with Crippen molar-refractivity contribution in [1.82, 2.24) is 15.6 Å². The minimum Gasteiger partial charge on any atom is -0.349 e. The van der Waals surface area contributed by atoms with E-state index < -0.39 is 0 Å². The summed E-state index contributed by atoms with van der Waals surface area (Å²) in [5.74, 6) is -0.162. The van der Waals surface area contributed by atoms with Crippen molar-refractivity contribution in [2.45, 2.75) is 43.8 Å². The molecule has 2 aliphatic heterocycles. The van der Waals surface area contributed by atoms with Gasteiger partial charge in [0.2, 0.25) is 5.56 Å². The third kappa shape index (κ3) is 3.23. The molecule has 2 saturated heterocycles. The van der Waals surface area contributed by atoms with Crippen LogP contribution < -0.4 is 16.2 Å². The molecule has 24 heavy (non-hydrogen) atoms. The first-order chi connectivity index (χ1) is 11.1. The van der Waals surface area contributed by atoms with Gasteiger partial charge in [0.05, 0.1) is 11.1 Å². The number of hydrogen-bond acceptors (Lipinski definition) is 3. The van der Waals surface area contributed by atoms with Crippen LogP contribution >= 0.6 is 28.3 Å². The van der Waals surface area contributed by atoms with E-state index in [9.17, 15) is 9.59 Å². The minimum absolute atomic E-state index is 0. The molecule has 5 nitrogen and oxygen atoms in total. The normalized spacial score (nSPS) is 25.3. The smallest absolute Gasteiger partial charge is 0.252 e. The van der Waals surface area contributed by atoms with E-state index in [4.69, 9.17) is 0 Å². The van der Waals surface area contributed by atoms with Crippen molar-refractivity contribution in [2.24, 2.45) is 0 Å².